The van der Waals surface area contributed by atoms with Gasteiger partial charge in [0.15, 0.2) is 0 Å². The van der Waals surface area contributed by atoms with Crippen molar-refractivity contribution in [1.82, 2.24) is 5.32 Å². The first-order chi connectivity index (χ1) is 15.1. The molecule has 3 nitrogen and oxygen atoms in total. The van der Waals surface area contributed by atoms with E-state index >= 15 is 0 Å². The van der Waals surface area contributed by atoms with E-state index in [1.165, 1.54) is 42.5 Å². The van der Waals surface area contributed by atoms with Crippen LogP contribution in [-0.4, -0.2) is 17.7 Å². The van der Waals surface area contributed by atoms with Crippen molar-refractivity contribution >= 4 is 11.6 Å². The molecule has 2 aliphatic carbocycles. The molecule has 1 N–H and O–H groups in total. The number of nitrogens with zero attached hydrogens (tertiary/aromatic N) is 1. The van der Waals surface area contributed by atoms with E-state index in [-0.39, 0.29) is 8.76 Å². The van der Waals surface area contributed by atoms with E-state index in [0.717, 1.165) is 25.7 Å². The van der Waals surface area contributed by atoms with Gasteiger partial charge in [0, 0.05) is 27.4 Å². The van der Waals surface area contributed by atoms with Crippen LogP contribution in [0.3, 0.4) is 0 Å². The van der Waals surface area contributed by atoms with Crippen LogP contribution in [0.1, 0.15) is 79.7 Å². The highest BCUT2D eigenvalue weighted by Crippen LogP contribution is 2.31. The zero-order chi connectivity index (χ0) is 22.1. The van der Waals surface area contributed by atoms with Gasteiger partial charge in [-0.05, 0) is 75.5 Å². The summed E-state index contributed by atoms with van der Waals surface area (Å²) in [4.78, 5) is 16.4. The summed E-state index contributed by atoms with van der Waals surface area (Å²) in [5.74, 6) is 0.605. The molecule has 0 saturated heterocycles. The van der Waals surface area contributed by atoms with Crippen molar-refractivity contribution in [2.24, 2.45) is 10.9 Å². The van der Waals surface area contributed by atoms with Gasteiger partial charge < -0.3 is 5.32 Å². The first-order valence-electron chi connectivity index (χ1n) is 12.0. The Morgan fingerprint density at radius 1 is 1.19 bits per heavy atom. The van der Waals surface area contributed by atoms with Crippen LogP contribution in [0.25, 0.3) is 0 Å². The van der Waals surface area contributed by atoms with Crippen molar-refractivity contribution in [2.75, 3.05) is 0 Å². The summed E-state index contributed by atoms with van der Waals surface area (Å²) in [6.07, 6.45) is 18.3. The second kappa shape index (κ2) is 11.8. The number of allylic oxidation sites excluding steroid dienone is 5. The molecule has 1 saturated carbocycles. The monoisotopic (exact) mass is 422 g/mol. The van der Waals surface area contributed by atoms with Gasteiger partial charge in [0.05, 0.1) is 5.71 Å². The molecule has 170 valence electrons. The van der Waals surface area contributed by atoms with Gasteiger partial charge in [-0.3, -0.25) is 9.79 Å². The third-order valence-corrected chi connectivity index (χ3v) is 6.57. The number of hydrogen-bond acceptors (Lipinski definition) is 2. The average Bonchev–Trinajstić information content (AvgIpc) is 3.20. The van der Waals surface area contributed by atoms with E-state index < -0.39 is 0 Å². The molecule has 1 fully saturated rings. The SMILES string of the molecule is C/C=C\C1=C(C)CC=CN=C1C1CCCC(NC(=O)CC)C1.[HH].[HH].c1ccc2c(c1)CCC2. The summed E-state index contributed by atoms with van der Waals surface area (Å²) < 4.78 is 0. The molecule has 1 amide bonds. The molecule has 2 unspecified atom stereocenters. The van der Waals surface area contributed by atoms with E-state index in [4.69, 9.17) is 4.99 Å². The number of fused-ring (bicyclic) bond motifs is 1. The topological polar surface area (TPSA) is 41.5 Å². The number of benzene rings is 1. The van der Waals surface area contributed by atoms with Crippen molar-refractivity contribution in [1.29, 1.82) is 0 Å². The third-order valence-electron chi connectivity index (χ3n) is 6.57. The first-order valence-corrected chi connectivity index (χ1v) is 12.0. The van der Waals surface area contributed by atoms with Crippen LogP contribution in [0.2, 0.25) is 0 Å². The summed E-state index contributed by atoms with van der Waals surface area (Å²) in [5.41, 5.74) is 7.01. The van der Waals surface area contributed by atoms with Gasteiger partial charge in [-0.1, -0.05) is 61.4 Å². The zero-order valence-electron chi connectivity index (χ0n) is 19.5. The van der Waals surface area contributed by atoms with Crippen molar-refractivity contribution in [2.45, 2.75) is 84.6 Å². The standard InChI is InChI=1S/C19H28N2O.C9H10.2H2/c1-4-8-17-14(3)9-7-12-20-19(17)15-10-6-11-16(13-15)21-18(22)5-2;1-2-5-9-7-3-6-8(9)4-1;;/h4,7-8,12,15-16H,5-6,9-11,13H2,1-3H3,(H,21,22);1-2,4-5H,3,6-7H2;2*1H/b8-4-;;;. The van der Waals surface area contributed by atoms with Crippen LogP contribution in [0, 0.1) is 5.92 Å². The van der Waals surface area contributed by atoms with Crippen molar-refractivity contribution in [3.05, 3.63) is 71.0 Å². The Morgan fingerprint density at radius 3 is 2.61 bits per heavy atom. The number of rotatable bonds is 4. The van der Waals surface area contributed by atoms with Crippen LogP contribution in [0.15, 0.2) is 64.8 Å². The molecule has 0 aromatic heterocycles. The van der Waals surface area contributed by atoms with Gasteiger partial charge in [0.2, 0.25) is 5.91 Å². The molecule has 0 bridgehead atoms. The van der Waals surface area contributed by atoms with Gasteiger partial charge in [-0.15, -0.1) is 0 Å². The Bertz CT molecular complexity index is 863. The highest BCUT2D eigenvalue weighted by Gasteiger charge is 2.28. The zero-order valence-corrected chi connectivity index (χ0v) is 19.5. The second-order valence-corrected chi connectivity index (χ2v) is 8.90. The summed E-state index contributed by atoms with van der Waals surface area (Å²) >= 11 is 0. The minimum Gasteiger partial charge on any atom is -0.353 e. The summed E-state index contributed by atoms with van der Waals surface area (Å²) in [6.45, 7) is 6.16. The molecule has 3 aliphatic rings. The minimum absolute atomic E-state index is 0. The van der Waals surface area contributed by atoms with Gasteiger partial charge in [-0.25, -0.2) is 0 Å². The van der Waals surface area contributed by atoms with Crippen molar-refractivity contribution in [3.63, 3.8) is 0 Å². The minimum atomic E-state index is 0. The van der Waals surface area contributed by atoms with Gasteiger partial charge >= 0.3 is 0 Å². The fraction of sp³-hybridized carbons (Fsp3) is 0.500. The number of aliphatic imine (C=N–C) groups is 1. The molecule has 1 aromatic carbocycles. The number of nitrogens with one attached hydrogen (secondary N) is 1. The van der Waals surface area contributed by atoms with Crippen molar-refractivity contribution in [3.8, 4) is 0 Å². The average molecular weight is 423 g/mol. The largest absolute Gasteiger partial charge is 0.353 e. The molecular weight excluding hydrogens is 380 g/mol. The maximum Gasteiger partial charge on any atom is 0.219 e. The predicted octanol–water partition coefficient (Wildman–Crippen LogP) is 6.99. The number of aryl methyl sites for hydroxylation is 2. The molecule has 1 aromatic rings. The fourth-order valence-electron chi connectivity index (χ4n) is 4.89. The number of carbonyl (C=O) groups excluding carboxylic acids is 1. The van der Waals surface area contributed by atoms with Gasteiger partial charge in [0.25, 0.3) is 0 Å². The molecule has 31 heavy (non-hydrogen) atoms. The molecule has 1 heterocycles. The van der Waals surface area contributed by atoms with E-state index in [1.54, 1.807) is 11.1 Å². The van der Waals surface area contributed by atoms with Gasteiger partial charge in [-0.2, -0.15) is 0 Å². The summed E-state index contributed by atoms with van der Waals surface area (Å²) in [5, 5.41) is 3.17. The van der Waals surface area contributed by atoms with E-state index in [9.17, 15) is 4.79 Å². The lowest BCUT2D eigenvalue weighted by Gasteiger charge is -2.31. The first kappa shape index (κ1) is 23.2. The maximum atomic E-state index is 11.7. The van der Waals surface area contributed by atoms with Crippen molar-refractivity contribution < 1.29 is 7.65 Å². The van der Waals surface area contributed by atoms with Crippen LogP contribution < -0.4 is 5.32 Å². The Kier molecular flexibility index (Phi) is 8.87. The number of carbonyl (C=O) groups is 1. The Morgan fingerprint density at radius 2 is 1.94 bits per heavy atom. The quantitative estimate of drug-likeness (QED) is 0.558. The third kappa shape index (κ3) is 6.53. The molecule has 0 spiro atoms. The number of amides is 1. The molecule has 0 radical (unpaired) electrons. The highest BCUT2D eigenvalue weighted by molar-refractivity contribution is 6.05. The van der Waals surface area contributed by atoms with Crippen LogP contribution in [0.4, 0.5) is 0 Å². The Labute approximate surface area is 191 Å². The molecule has 4 rings (SSSR count). The lowest BCUT2D eigenvalue weighted by Crippen LogP contribution is -2.39. The van der Waals surface area contributed by atoms with Crippen LogP contribution >= 0.6 is 0 Å². The summed E-state index contributed by atoms with van der Waals surface area (Å²) in [7, 11) is 0. The normalized spacial score (nSPS) is 23.0. The molecule has 3 heteroatoms. The Hall–Kier alpha value is -2.42. The highest BCUT2D eigenvalue weighted by atomic mass is 16.1. The van der Waals surface area contributed by atoms with Gasteiger partial charge in [0.1, 0.15) is 0 Å². The fourth-order valence-corrected chi connectivity index (χ4v) is 4.89. The maximum absolute atomic E-state index is 11.7. The van der Waals surface area contributed by atoms with Crippen LogP contribution in [0.5, 0.6) is 0 Å². The van der Waals surface area contributed by atoms with E-state index in [0.29, 0.717) is 18.4 Å². The number of hydrogen-bond donors (Lipinski definition) is 1. The second-order valence-electron chi connectivity index (χ2n) is 8.90. The predicted molar refractivity (Wildman–Crippen MR) is 136 cm³/mol. The Balaban J connectivity index is 0.000000414. The molecule has 1 aliphatic heterocycles. The molecular formula is C28H42N2O. The lowest BCUT2D eigenvalue weighted by molar-refractivity contribution is -0.121. The smallest absolute Gasteiger partial charge is 0.219 e. The molecule has 2 atom stereocenters. The van der Waals surface area contributed by atoms with E-state index in [2.05, 4.69) is 61.7 Å². The summed E-state index contributed by atoms with van der Waals surface area (Å²) in [6, 6.07) is 9.03. The van der Waals surface area contributed by atoms with Crippen LogP contribution in [-0.2, 0) is 17.6 Å². The van der Waals surface area contributed by atoms with E-state index in [1.807, 2.05) is 13.1 Å². The lowest BCUT2D eigenvalue weighted by atomic mass is 9.79.